The second-order valence-electron chi connectivity index (χ2n) is 3.70. The fraction of sp³-hybridized carbons (Fsp3) is 0.286. The Balaban J connectivity index is 0.000000205. The van der Waals surface area contributed by atoms with Crippen molar-refractivity contribution >= 4 is 5.69 Å². The normalized spacial score (nSPS) is 14.5. The van der Waals surface area contributed by atoms with Gasteiger partial charge in [-0.1, -0.05) is 5.69 Å². The summed E-state index contributed by atoms with van der Waals surface area (Å²) in [4.78, 5) is 2.35. The fourth-order valence-corrected chi connectivity index (χ4v) is 1.72. The van der Waals surface area contributed by atoms with E-state index in [0.717, 1.165) is 26.3 Å². The Morgan fingerprint density at radius 3 is 1.82 bits per heavy atom. The summed E-state index contributed by atoms with van der Waals surface area (Å²) in [5, 5.41) is 0. The first-order valence-electron chi connectivity index (χ1n) is 5.68. The van der Waals surface area contributed by atoms with Gasteiger partial charge in [0, 0.05) is 30.2 Å². The van der Waals surface area contributed by atoms with E-state index >= 15 is 0 Å². The zero-order valence-electron chi connectivity index (χ0n) is 9.73. The summed E-state index contributed by atoms with van der Waals surface area (Å²) >= 11 is 0. The zero-order valence-corrected chi connectivity index (χ0v) is 10.8. The second-order valence-corrected chi connectivity index (χ2v) is 3.70. The molecule has 1 aliphatic heterocycles. The van der Waals surface area contributed by atoms with Crippen LogP contribution in [0.2, 0.25) is 0 Å². The van der Waals surface area contributed by atoms with Crippen LogP contribution < -0.4 is 4.90 Å². The predicted molar refractivity (Wildman–Crippen MR) is 67.1 cm³/mol. The Hall–Kier alpha value is -1.02. The average molecular weight is 271 g/mol. The largest absolute Gasteiger partial charge is 0.748 e. The van der Waals surface area contributed by atoms with E-state index in [0.29, 0.717) is 0 Å². The third kappa shape index (κ3) is 4.78. The molecule has 17 heavy (non-hydrogen) atoms. The summed E-state index contributed by atoms with van der Waals surface area (Å²) in [5.41, 5.74) is 1.33. The van der Waals surface area contributed by atoms with Gasteiger partial charge in [-0.15, -0.1) is 0 Å². The van der Waals surface area contributed by atoms with Crippen LogP contribution in [0, 0.1) is 0 Å². The van der Waals surface area contributed by atoms with Crippen molar-refractivity contribution < 1.29 is 21.8 Å². The van der Waals surface area contributed by atoms with Gasteiger partial charge in [0.15, 0.2) is 0 Å². The van der Waals surface area contributed by atoms with Crippen LogP contribution in [0.1, 0.15) is 0 Å². The molecule has 0 radical (unpaired) electrons. The summed E-state index contributed by atoms with van der Waals surface area (Å²) in [6.45, 7) is 3.80. The molecule has 0 aliphatic carbocycles. The number of hydrogen-bond donors (Lipinski definition) is 0. The first-order valence-corrected chi connectivity index (χ1v) is 5.68. The summed E-state index contributed by atoms with van der Waals surface area (Å²) in [6.07, 6.45) is 0. The quantitative estimate of drug-likeness (QED) is 0.584. The van der Waals surface area contributed by atoms with Crippen molar-refractivity contribution in [2.75, 3.05) is 31.2 Å². The van der Waals surface area contributed by atoms with Crippen LogP contribution in [-0.4, -0.2) is 26.3 Å². The predicted octanol–water partition coefficient (Wildman–Crippen LogP) is 2.65. The number of anilines is 1. The Labute approximate surface area is 113 Å². The maximum absolute atomic E-state index is 5.26. The zero-order chi connectivity index (χ0) is 11.1. The third-order valence-corrected chi connectivity index (χ3v) is 2.58. The molecule has 0 N–H and O–H groups in total. The summed E-state index contributed by atoms with van der Waals surface area (Å²) in [6, 6.07) is 18.4. The topological polar surface area (TPSA) is 12.5 Å². The number of rotatable bonds is 1. The monoisotopic (exact) mass is 271 g/mol. The molecular weight excluding hydrogens is 254 g/mol. The number of ether oxygens (including phenoxy) is 1. The van der Waals surface area contributed by atoms with Crippen LogP contribution in [0.4, 0.5) is 5.69 Å². The fourth-order valence-electron chi connectivity index (χ4n) is 1.72. The number of morpholine rings is 1. The first-order chi connectivity index (χ1) is 7.97. The van der Waals surface area contributed by atoms with E-state index in [-0.39, 0.29) is 17.1 Å². The van der Waals surface area contributed by atoms with Crippen molar-refractivity contribution in [2.24, 2.45) is 0 Å². The Morgan fingerprint density at radius 1 is 0.882 bits per heavy atom. The van der Waals surface area contributed by atoms with Crippen molar-refractivity contribution in [1.29, 1.82) is 0 Å². The third-order valence-electron chi connectivity index (χ3n) is 2.58. The molecule has 1 aliphatic rings. The first kappa shape index (κ1) is 14.0. The summed E-state index contributed by atoms with van der Waals surface area (Å²) in [7, 11) is 0. The number of hydrogen-bond acceptors (Lipinski definition) is 2. The molecule has 2 nitrogen and oxygen atoms in total. The van der Waals surface area contributed by atoms with E-state index in [9.17, 15) is 0 Å². The van der Waals surface area contributed by atoms with E-state index in [4.69, 9.17) is 4.74 Å². The Bertz CT molecular complexity index is 332. The van der Waals surface area contributed by atoms with Gasteiger partial charge in [0.2, 0.25) is 0 Å². The van der Waals surface area contributed by atoms with E-state index in [1.165, 1.54) is 5.69 Å². The molecule has 2 aromatic rings. The van der Waals surface area contributed by atoms with Crippen LogP contribution >= 0.6 is 0 Å². The maximum atomic E-state index is 5.26. The van der Waals surface area contributed by atoms with Crippen molar-refractivity contribution in [3.63, 3.8) is 0 Å². The van der Waals surface area contributed by atoms with Crippen LogP contribution in [-0.2, 0) is 21.8 Å². The van der Waals surface area contributed by atoms with Crippen LogP contribution in [0.15, 0.2) is 54.6 Å². The van der Waals surface area contributed by atoms with Gasteiger partial charge >= 0.3 is 0 Å². The summed E-state index contributed by atoms with van der Waals surface area (Å²) in [5.74, 6) is 0. The Kier molecular flexibility index (Phi) is 6.71. The minimum absolute atomic E-state index is 0. The average Bonchev–Trinajstić information content (AvgIpc) is 3.07. The molecule has 0 amide bonds. The molecule has 0 spiro atoms. The van der Waals surface area contributed by atoms with Gasteiger partial charge < -0.3 is 40.0 Å². The standard InChI is InChI=1S/C9H12NO.C5H5.Fe/c1-2-4-9(3-1)10-5-7-11-8-6-10;1-2-4-5-3-1;/h1-4H,5-8H2;1-5H;/q-1;-5;. The number of nitrogens with zero attached hydrogens (tertiary/aromatic N) is 1. The minimum atomic E-state index is 0. The molecule has 0 unspecified atom stereocenters. The van der Waals surface area contributed by atoms with Gasteiger partial charge in [-0.2, -0.15) is 12.1 Å². The molecule has 1 heterocycles. The van der Waals surface area contributed by atoms with Crippen molar-refractivity contribution in [1.82, 2.24) is 0 Å². The molecule has 3 rings (SSSR count). The molecule has 1 saturated heterocycles. The molecule has 1 fully saturated rings. The van der Waals surface area contributed by atoms with Gasteiger partial charge in [-0.25, -0.2) is 12.1 Å². The Morgan fingerprint density at radius 2 is 1.35 bits per heavy atom. The molecule has 0 bridgehead atoms. The smallest absolute Gasteiger partial charge is 0.0632 e. The van der Waals surface area contributed by atoms with E-state index in [1.807, 2.05) is 30.3 Å². The minimum Gasteiger partial charge on any atom is -0.748 e. The van der Waals surface area contributed by atoms with E-state index in [2.05, 4.69) is 29.2 Å². The molecule has 0 aromatic heterocycles. The van der Waals surface area contributed by atoms with Crippen LogP contribution in [0.5, 0.6) is 0 Å². The summed E-state index contributed by atoms with van der Waals surface area (Å²) < 4.78 is 5.26. The van der Waals surface area contributed by atoms with Gasteiger partial charge in [-0.3, -0.25) is 0 Å². The molecule has 0 atom stereocenters. The van der Waals surface area contributed by atoms with E-state index < -0.39 is 0 Å². The SMILES string of the molecule is [Fe].[cH-]1[cH-][cH-][cH-][cH-]1.c1cc[c-](N2CCOCC2)c1. The van der Waals surface area contributed by atoms with Gasteiger partial charge in [0.25, 0.3) is 0 Å². The van der Waals surface area contributed by atoms with Crippen LogP contribution in [0.25, 0.3) is 0 Å². The van der Waals surface area contributed by atoms with Crippen molar-refractivity contribution in [3.8, 4) is 0 Å². The van der Waals surface area contributed by atoms with Gasteiger partial charge in [0.1, 0.15) is 0 Å². The van der Waals surface area contributed by atoms with E-state index in [1.54, 1.807) is 0 Å². The molecular formula is C14H17FeNO-6. The molecule has 3 heteroatoms. The van der Waals surface area contributed by atoms with Gasteiger partial charge in [-0.05, 0) is 0 Å². The molecule has 98 valence electrons. The molecule has 0 saturated carbocycles. The van der Waals surface area contributed by atoms with Crippen molar-refractivity contribution in [3.05, 3.63) is 54.6 Å². The van der Waals surface area contributed by atoms with Crippen molar-refractivity contribution in [2.45, 2.75) is 0 Å². The van der Waals surface area contributed by atoms with Crippen LogP contribution in [0.3, 0.4) is 0 Å². The van der Waals surface area contributed by atoms with Gasteiger partial charge in [0.05, 0.1) is 13.2 Å². The molecule has 2 aromatic carbocycles. The second kappa shape index (κ2) is 8.13. The maximum Gasteiger partial charge on any atom is 0.0632 e.